The average Bonchev–Trinajstić information content (AvgIpc) is 2.49. The Balaban J connectivity index is 2.43. The van der Waals surface area contributed by atoms with E-state index in [9.17, 15) is 14.7 Å². The van der Waals surface area contributed by atoms with Crippen LogP contribution in [0.3, 0.4) is 0 Å². The van der Waals surface area contributed by atoms with Crippen molar-refractivity contribution in [1.82, 2.24) is 10.6 Å². The molecule has 6 nitrogen and oxygen atoms in total. The summed E-state index contributed by atoms with van der Waals surface area (Å²) >= 11 is 0. The lowest BCUT2D eigenvalue weighted by molar-refractivity contribution is -0.149. The molecule has 0 aliphatic carbocycles. The minimum Gasteiger partial charge on any atom is -0.481 e. The van der Waals surface area contributed by atoms with E-state index in [2.05, 4.69) is 10.6 Å². The third kappa shape index (κ3) is 4.88. The number of hydrogen-bond acceptors (Lipinski definition) is 3. The molecule has 21 heavy (non-hydrogen) atoms. The molecule has 1 heterocycles. The van der Waals surface area contributed by atoms with Crippen LogP contribution in [0, 0.1) is 11.3 Å². The summed E-state index contributed by atoms with van der Waals surface area (Å²) in [5, 5.41) is 15.0. The highest BCUT2D eigenvalue weighted by Crippen LogP contribution is 2.25. The maximum atomic E-state index is 12.0. The normalized spacial score (nSPS) is 18.0. The van der Waals surface area contributed by atoms with Crippen LogP contribution in [-0.2, 0) is 9.53 Å². The van der Waals surface area contributed by atoms with E-state index in [0.717, 1.165) is 26.1 Å². The Labute approximate surface area is 126 Å². The van der Waals surface area contributed by atoms with Gasteiger partial charge in [-0.05, 0) is 38.5 Å². The van der Waals surface area contributed by atoms with Crippen molar-refractivity contribution < 1.29 is 19.4 Å². The zero-order chi connectivity index (χ0) is 15.9. The van der Waals surface area contributed by atoms with Crippen LogP contribution in [0.5, 0.6) is 0 Å². The van der Waals surface area contributed by atoms with Gasteiger partial charge in [0.05, 0.1) is 5.41 Å². The summed E-state index contributed by atoms with van der Waals surface area (Å²) in [6.45, 7) is 7.29. The third-order valence-electron chi connectivity index (χ3n) is 4.73. The SMILES string of the molecule is CCC(CC)(CNC(=O)NC(C)C1CCOCC1)C(=O)O. The minimum absolute atomic E-state index is 0.0661. The van der Waals surface area contributed by atoms with E-state index in [1.54, 1.807) is 0 Å². The molecule has 0 aromatic carbocycles. The molecule has 0 bridgehead atoms. The van der Waals surface area contributed by atoms with Crippen molar-refractivity contribution in [3.63, 3.8) is 0 Å². The first kappa shape index (κ1) is 17.8. The van der Waals surface area contributed by atoms with Crippen LogP contribution in [0.25, 0.3) is 0 Å². The molecule has 1 aliphatic heterocycles. The Morgan fingerprint density at radius 3 is 2.33 bits per heavy atom. The molecule has 0 spiro atoms. The number of ether oxygens (including phenoxy) is 1. The zero-order valence-electron chi connectivity index (χ0n) is 13.3. The number of nitrogens with one attached hydrogen (secondary N) is 2. The fourth-order valence-corrected chi connectivity index (χ4v) is 2.72. The molecule has 122 valence electrons. The number of urea groups is 1. The quantitative estimate of drug-likeness (QED) is 0.671. The van der Waals surface area contributed by atoms with Crippen LogP contribution in [0.15, 0.2) is 0 Å². The Kier molecular flexibility index (Phi) is 6.95. The lowest BCUT2D eigenvalue weighted by Crippen LogP contribution is -2.49. The molecular formula is C15H28N2O4. The van der Waals surface area contributed by atoms with Crippen molar-refractivity contribution >= 4 is 12.0 Å². The molecular weight excluding hydrogens is 272 g/mol. The van der Waals surface area contributed by atoms with Gasteiger partial charge < -0.3 is 20.5 Å². The summed E-state index contributed by atoms with van der Waals surface area (Å²) in [5.74, 6) is -0.434. The van der Waals surface area contributed by atoms with Crippen LogP contribution in [0.2, 0.25) is 0 Å². The number of rotatable bonds is 7. The second-order valence-corrected chi connectivity index (χ2v) is 5.86. The first-order valence-electron chi connectivity index (χ1n) is 7.80. The van der Waals surface area contributed by atoms with Gasteiger partial charge in [0.1, 0.15) is 0 Å². The van der Waals surface area contributed by atoms with E-state index in [1.165, 1.54) is 0 Å². The topological polar surface area (TPSA) is 87.7 Å². The highest BCUT2D eigenvalue weighted by Gasteiger charge is 2.35. The monoisotopic (exact) mass is 300 g/mol. The molecule has 0 aromatic heterocycles. The molecule has 1 unspecified atom stereocenters. The van der Waals surface area contributed by atoms with E-state index in [1.807, 2.05) is 20.8 Å². The fourth-order valence-electron chi connectivity index (χ4n) is 2.72. The van der Waals surface area contributed by atoms with Crippen LogP contribution >= 0.6 is 0 Å². The van der Waals surface area contributed by atoms with Crippen molar-refractivity contribution in [2.75, 3.05) is 19.8 Å². The molecule has 1 rings (SSSR count). The summed E-state index contributed by atoms with van der Waals surface area (Å²) in [4.78, 5) is 23.3. The molecule has 6 heteroatoms. The van der Waals surface area contributed by atoms with Gasteiger partial charge in [-0.3, -0.25) is 4.79 Å². The zero-order valence-corrected chi connectivity index (χ0v) is 13.3. The largest absolute Gasteiger partial charge is 0.481 e. The second kappa shape index (κ2) is 8.22. The average molecular weight is 300 g/mol. The lowest BCUT2D eigenvalue weighted by atomic mass is 9.82. The molecule has 0 aromatic rings. The second-order valence-electron chi connectivity index (χ2n) is 5.86. The third-order valence-corrected chi connectivity index (χ3v) is 4.73. The van der Waals surface area contributed by atoms with Crippen LogP contribution in [-0.4, -0.2) is 42.9 Å². The number of carboxylic acid groups (broad SMARTS) is 1. The maximum Gasteiger partial charge on any atom is 0.315 e. The predicted octanol–water partition coefficient (Wildman–Crippen LogP) is 1.99. The number of hydrogen-bond donors (Lipinski definition) is 3. The maximum absolute atomic E-state index is 12.0. The van der Waals surface area contributed by atoms with Gasteiger partial charge in [0.25, 0.3) is 0 Å². The van der Waals surface area contributed by atoms with Crippen molar-refractivity contribution in [1.29, 1.82) is 0 Å². The Hall–Kier alpha value is -1.30. The number of carboxylic acids is 1. The molecule has 1 atom stereocenters. The number of carbonyl (C=O) groups excluding carboxylic acids is 1. The molecule has 2 amide bonds. The van der Waals surface area contributed by atoms with Gasteiger partial charge in [-0.1, -0.05) is 13.8 Å². The fraction of sp³-hybridized carbons (Fsp3) is 0.867. The van der Waals surface area contributed by atoms with Gasteiger partial charge in [-0.15, -0.1) is 0 Å². The van der Waals surface area contributed by atoms with Gasteiger partial charge in [-0.25, -0.2) is 4.79 Å². The molecule has 1 saturated heterocycles. The van der Waals surface area contributed by atoms with E-state index in [0.29, 0.717) is 18.8 Å². The Morgan fingerprint density at radius 1 is 1.29 bits per heavy atom. The first-order chi connectivity index (χ1) is 9.95. The van der Waals surface area contributed by atoms with Crippen molar-refractivity contribution in [3.8, 4) is 0 Å². The van der Waals surface area contributed by atoms with Crippen LogP contribution < -0.4 is 10.6 Å². The van der Waals surface area contributed by atoms with Crippen LogP contribution in [0.4, 0.5) is 4.79 Å². The number of aliphatic carboxylic acids is 1. The molecule has 0 radical (unpaired) electrons. The smallest absolute Gasteiger partial charge is 0.315 e. The van der Waals surface area contributed by atoms with Gasteiger partial charge in [-0.2, -0.15) is 0 Å². The summed E-state index contributed by atoms with van der Waals surface area (Å²) < 4.78 is 5.31. The number of amides is 2. The minimum atomic E-state index is -0.876. The highest BCUT2D eigenvalue weighted by atomic mass is 16.5. The summed E-state index contributed by atoms with van der Waals surface area (Å²) in [7, 11) is 0. The van der Waals surface area contributed by atoms with E-state index in [4.69, 9.17) is 4.74 Å². The Bertz CT molecular complexity index is 350. The Morgan fingerprint density at radius 2 is 1.86 bits per heavy atom. The predicted molar refractivity (Wildman–Crippen MR) is 80.2 cm³/mol. The lowest BCUT2D eigenvalue weighted by Gasteiger charge is -2.30. The molecule has 1 aliphatic rings. The molecule has 1 fully saturated rings. The first-order valence-corrected chi connectivity index (χ1v) is 7.80. The summed E-state index contributed by atoms with van der Waals surface area (Å²) in [6.07, 6.45) is 2.89. The number of carbonyl (C=O) groups is 2. The standard InChI is InChI=1S/C15H28N2O4/c1-4-15(5-2,13(18)19)10-16-14(20)17-11(3)12-6-8-21-9-7-12/h11-12H,4-10H2,1-3H3,(H,18,19)(H2,16,17,20). The van der Waals surface area contributed by atoms with Crippen LogP contribution in [0.1, 0.15) is 46.5 Å². The van der Waals surface area contributed by atoms with Gasteiger partial charge in [0, 0.05) is 25.8 Å². The molecule has 3 N–H and O–H groups in total. The van der Waals surface area contributed by atoms with Gasteiger partial charge in [0.2, 0.25) is 0 Å². The van der Waals surface area contributed by atoms with Crippen molar-refractivity contribution in [3.05, 3.63) is 0 Å². The van der Waals surface area contributed by atoms with E-state index >= 15 is 0 Å². The summed E-state index contributed by atoms with van der Waals surface area (Å²) in [5.41, 5.74) is -0.876. The summed E-state index contributed by atoms with van der Waals surface area (Å²) in [6, 6.07) is -0.224. The van der Waals surface area contributed by atoms with E-state index in [-0.39, 0.29) is 18.6 Å². The highest BCUT2D eigenvalue weighted by molar-refractivity contribution is 5.78. The van der Waals surface area contributed by atoms with Gasteiger partial charge >= 0.3 is 12.0 Å². The van der Waals surface area contributed by atoms with Gasteiger partial charge in [0.15, 0.2) is 0 Å². The molecule has 0 saturated carbocycles. The van der Waals surface area contributed by atoms with E-state index < -0.39 is 11.4 Å². The van der Waals surface area contributed by atoms with Crippen molar-refractivity contribution in [2.45, 2.75) is 52.5 Å². The van der Waals surface area contributed by atoms with Crippen molar-refractivity contribution in [2.24, 2.45) is 11.3 Å².